The van der Waals surface area contributed by atoms with Gasteiger partial charge < -0.3 is 5.73 Å². The number of thiophene rings is 1. The minimum absolute atomic E-state index is 0.418. The number of likely N-dealkylation sites (tertiary alicyclic amines) is 1. The van der Waals surface area contributed by atoms with Gasteiger partial charge in [-0.3, -0.25) is 9.69 Å². The molecule has 0 aliphatic carbocycles. The molecule has 0 radical (unpaired) electrons. The van der Waals surface area contributed by atoms with Gasteiger partial charge in [-0.15, -0.1) is 0 Å². The molecule has 1 saturated heterocycles. The number of rotatable bonds is 4. The van der Waals surface area contributed by atoms with Crippen molar-refractivity contribution in [3.63, 3.8) is 0 Å². The van der Waals surface area contributed by atoms with Crippen molar-refractivity contribution in [1.29, 1.82) is 0 Å². The lowest BCUT2D eigenvalue weighted by Gasteiger charge is -2.32. The van der Waals surface area contributed by atoms with Crippen molar-refractivity contribution < 1.29 is 4.79 Å². The average Bonchev–Trinajstić information content (AvgIpc) is 3.06. The zero-order chi connectivity index (χ0) is 17.3. The molecule has 2 aromatic rings. The van der Waals surface area contributed by atoms with E-state index in [9.17, 15) is 4.79 Å². The molecule has 0 unspecified atom stereocenters. The highest BCUT2D eigenvalue weighted by molar-refractivity contribution is 7.07. The molecule has 3 rings (SSSR count). The third-order valence-electron chi connectivity index (χ3n) is 5.29. The van der Waals surface area contributed by atoms with Crippen LogP contribution in [0.2, 0.25) is 0 Å². The lowest BCUT2D eigenvalue weighted by Crippen LogP contribution is -2.33. The molecule has 0 saturated carbocycles. The maximum Gasteiger partial charge on any atom is 0.267 e. The van der Waals surface area contributed by atoms with Crippen LogP contribution in [-0.4, -0.2) is 28.9 Å². The Bertz CT molecular complexity index is 732. The van der Waals surface area contributed by atoms with Crippen LogP contribution in [0.5, 0.6) is 0 Å². The van der Waals surface area contributed by atoms with E-state index >= 15 is 0 Å². The highest BCUT2D eigenvalue weighted by atomic mass is 32.1. The van der Waals surface area contributed by atoms with Gasteiger partial charge in [-0.1, -0.05) is 0 Å². The minimum atomic E-state index is -0.424. The van der Waals surface area contributed by atoms with Crippen LogP contribution in [0.15, 0.2) is 16.8 Å². The number of nitrogens with zero attached hydrogens (tertiary/aromatic N) is 2. The molecule has 128 valence electrons. The second-order valence-corrected chi connectivity index (χ2v) is 7.55. The normalized spacial score (nSPS) is 16.5. The number of hydrogen-bond acceptors (Lipinski definition) is 4. The van der Waals surface area contributed by atoms with E-state index in [1.807, 2.05) is 6.92 Å². The molecule has 0 aromatic carbocycles. The third kappa shape index (κ3) is 3.37. The lowest BCUT2D eigenvalue weighted by molar-refractivity contribution is 0.0994. The Kier molecular flexibility index (Phi) is 5.01. The standard InChI is InChI=1S/C19H25N3OS/c1-12-13(2)17(21-18(14(12)3)19(20)23)16-4-7-22(8-5-16)10-15-6-9-24-11-15/h6,9,11,16H,4-5,7-8,10H2,1-3H3,(H2,20,23). The van der Waals surface area contributed by atoms with E-state index in [2.05, 4.69) is 40.6 Å². The molecule has 0 atom stereocenters. The van der Waals surface area contributed by atoms with Crippen LogP contribution in [0.3, 0.4) is 0 Å². The molecule has 2 aromatic heterocycles. The number of piperidine rings is 1. The number of carbonyl (C=O) groups excluding carboxylic acids is 1. The third-order valence-corrected chi connectivity index (χ3v) is 6.02. The number of amides is 1. The van der Waals surface area contributed by atoms with Crippen LogP contribution in [0.1, 0.15) is 57.2 Å². The van der Waals surface area contributed by atoms with Gasteiger partial charge in [0, 0.05) is 18.2 Å². The van der Waals surface area contributed by atoms with Gasteiger partial charge in [0.2, 0.25) is 0 Å². The fourth-order valence-corrected chi connectivity index (χ4v) is 4.24. The molecule has 1 amide bonds. The van der Waals surface area contributed by atoms with Crippen LogP contribution < -0.4 is 5.73 Å². The summed E-state index contributed by atoms with van der Waals surface area (Å²) in [6.07, 6.45) is 2.16. The van der Waals surface area contributed by atoms with Crippen molar-refractivity contribution in [2.24, 2.45) is 5.73 Å². The Morgan fingerprint density at radius 3 is 2.54 bits per heavy atom. The summed E-state index contributed by atoms with van der Waals surface area (Å²) in [4.78, 5) is 18.9. The molecule has 0 spiro atoms. The fraction of sp³-hybridized carbons (Fsp3) is 0.474. The van der Waals surface area contributed by atoms with Crippen molar-refractivity contribution in [2.45, 2.75) is 46.1 Å². The lowest BCUT2D eigenvalue weighted by atomic mass is 9.88. The average molecular weight is 343 g/mol. The summed E-state index contributed by atoms with van der Waals surface area (Å²) >= 11 is 1.75. The number of pyridine rings is 1. The van der Waals surface area contributed by atoms with Crippen LogP contribution >= 0.6 is 11.3 Å². The summed E-state index contributed by atoms with van der Waals surface area (Å²) in [5.74, 6) is -0.00660. The highest BCUT2D eigenvalue weighted by Crippen LogP contribution is 2.32. The summed E-state index contributed by atoms with van der Waals surface area (Å²) in [6.45, 7) is 9.28. The number of nitrogens with two attached hydrogens (primary N) is 1. The monoisotopic (exact) mass is 343 g/mol. The van der Waals surface area contributed by atoms with Crippen LogP contribution in [-0.2, 0) is 6.54 Å². The Morgan fingerprint density at radius 1 is 1.25 bits per heavy atom. The molecule has 0 bridgehead atoms. The largest absolute Gasteiger partial charge is 0.364 e. The molecule has 3 heterocycles. The van der Waals surface area contributed by atoms with Crippen LogP contribution in [0, 0.1) is 20.8 Å². The number of hydrogen-bond donors (Lipinski definition) is 1. The molecule has 2 N–H and O–H groups in total. The van der Waals surface area contributed by atoms with E-state index in [-0.39, 0.29) is 0 Å². The maximum atomic E-state index is 11.7. The van der Waals surface area contributed by atoms with Crippen LogP contribution in [0.4, 0.5) is 0 Å². The molecule has 1 aliphatic heterocycles. The summed E-state index contributed by atoms with van der Waals surface area (Å²) in [7, 11) is 0. The maximum absolute atomic E-state index is 11.7. The van der Waals surface area contributed by atoms with Gasteiger partial charge in [0.25, 0.3) is 5.91 Å². The van der Waals surface area contributed by atoms with E-state index in [0.29, 0.717) is 11.6 Å². The van der Waals surface area contributed by atoms with Crippen molar-refractivity contribution in [1.82, 2.24) is 9.88 Å². The number of aromatic nitrogens is 1. The highest BCUT2D eigenvalue weighted by Gasteiger charge is 2.25. The molecule has 4 nitrogen and oxygen atoms in total. The van der Waals surface area contributed by atoms with E-state index in [1.165, 1.54) is 11.1 Å². The van der Waals surface area contributed by atoms with Crippen LogP contribution in [0.25, 0.3) is 0 Å². The van der Waals surface area contributed by atoms with Gasteiger partial charge in [-0.25, -0.2) is 4.98 Å². The molecular formula is C19H25N3OS. The first kappa shape index (κ1) is 17.1. The first-order chi connectivity index (χ1) is 11.5. The smallest absolute Gasteiger partial charge is 0.267 e. The Balaban J connectivity index is 1.75. The van der Waals surface area contributed by atoms with Crippen molar-refractivity contribution in [3.05, 3.63) is 50.5 Å². The summed E-state index contributed by atoms with van der Waals surface area (Å²) in [5, 5.41) is 4.36. The van der Waals surface area contributed by atoms with Gasteiger partial charge in [0.05, 0.1) is 0 Å². The minimum Gasteiger partial charge on any atom is -0.364 e. The second kappa shape index (κ2) is 7.03. The van der Waals surface area contributed by atoms with E-state index in [0.717, 1.165) is 49.3 Å². The van der Waals surface area contributed by atoms with E-state index in [1.54, 1.807) is 11.3 Å². The number of carbonyl (C=O) groups is 1. The molecule has 1 fully saturated rings. The molecule has 5 heteroatoms. The second-order valence-electron chi connectivity index (χ2n) is 6.77. The quantitative estimate of drug-likeness (QED) is 0.923. The van der Waals surface area contributed by atoms with Gasteiger partial charge in [0.1, 0.15) is 5.69 Å². The van der Waals surface area contributed by atoms with E-state index < -0.39 is 5.91 Å². The Hall–Kier alpha value is -1.72. The number of primary amides is 1. The van der Waals surface area contributed by atoms with Gasteiger partial charge in [-0.2, -0.15) is 11.3 Å². The first-order valence-corrected chi connectivity index (χ1v) is 9.42. The Morgan fingerprint density at radius 2 is 1.96 bits per heavy atom. The van der Waals surface area contributed by atoms with Crippen molar-refractivity contribution in [3.8, 4) is 0 Å². The molecule has 1 aliphatic rings. The summed E-state index contributed by atoms with van der Waals surface area (Å²) < 4.78 is 0. The zero-order valence-corrected chi connectivity index (χ0v) is 15.4. The molecule has 24 heavy (non-hydrogen) atoms. The zero-order valence-electron chi connectivity index (χ0n) is 14.6. The van der Waals surface area contributed by atoms with Gasteiger partial charge >= 0.3 is 0 Å². The predicted molar refractivity (Wildman–Crippen MR) is 98.5 cm³/mol. The van der Waals surface area contributed by atoms with Crippen molar-refractivity contribution >= 4 is 17.2 Å². The predicted octanol–water partition coefficient (Wildman–Crippen LogP) is 3.55. The Labute approximate surface area is 147 Å². The van der Waals surface area contributed by atoms with Gasteiger partial charge in [-0.05, 0) is 85.8 Å². The summed E-state index contributed by atoms with van der Waals surface area (Å²) in [6, 6.07) is 2.20. The van der Waals surface area contributed by atoms with Gasteiger partial charge in [0.15, 0.2) is 0 Å². The SMILES string of the molecule is Cc1c(C(N)=O)nc(C2CCN(Cc3ccsc3)CC2)c(C)c1C. The van der Waals surface area contributed by atoms with Crippen molar-refractivity contribution in [2.75, 3.05) is 13.1 Å². The summed E-state index contributed by atoms with van der Waals surface area (Å²) in [5.41, 5.74) is 11.7. The van der Waals surface area contributed by atoms with E-state index in [4.69, 9.17) is 5.73 Å². The molecular weight excluding hydrogens is 318 g/mol. The first-order valence-electron chi connectivity index (χ1n) is 8.48. The topological polar surface area (TPSA) is 59.2 Å². The fourth-order valence-electron chi connectivity index (χ4n) is 3.58.